The van der Waals surface area contributed by atoms with E-state index >= 15 is 0 Å². The van der Waals surface area contributed by atoms with E-state index in [9.17, 15) is 10.2 Å². The summed E-state index contributed by atoms with van der Waals surface area (Å²) in [6.45, 7) is 4.51. The first-order valence-electron chi connectivity index (χ1n) is 11.4. The Labute approximate surface area is 185 Å². The molecular formula is C25H38O2S2. The van der Waals surface area contributed by atoms with E-state index < -0.39 is 0 Å². The van der Waals surface area contributed by atoms with Crippen LogP contribution in [0.3, 0.4) is 0 Å². The van der Waals surface area contributed by atoms with Gasteiger partial charge in [-0.2, -0.15) is 0 Å². The molecule has 162 valence electrons. The number of hydrogen-bond acceptors (Lipinski definition) is 4. The third-order valence-electron chi connectivity index (χ3n) is 5.54. The molecule has 0 saturated heterocycles. The highest BCUT2D eigenvalue weighted by atomic mass is 32.1. The largest absolute Gasteiger partial charge is 0.508 e. The Morgan fingerprint density at radius 2 is 1.38 bits per heavy atom. The Bertz CT molecular complexity index is 714. The number of aliphatic hydroxyl groups is 1. The minimum atomic E-state index is 0.301. The summed E-state index contributed by atoms with van der Waals surface area (Å²) in [5, 5.41) is 24.9. The Hall–Kier alpha value is -1.26. The van der Waals surface area contributed by atoms with Crippen molar-refractivity contribution in [2.75, 3.05) is 0 Å². The van der Waals surface area contributed by atoms with E-state index in [1.807, 2.05) is 16.8 Å². The van der Waals surface area contributed by atoms with E-state index in [1.54, 1.807) is 17.4 Å². The average Bonchev–Trinajstić information content (AvgIpc) is 3.36. The highest BCUT2D eigenvalue weighted by molar-refractivity contribution is 7.20. The van der Waals surface area contributed by atoms with Gasteiger partial charge in [-0.25, -0.2) is 0 Å². The van der Waals surface area contributed by atoms with E-state index in [-0.39, 0.29) is 0 Å². The van der Waals surface area contributed by atoms with Crippen LogP contribution in [0.4, 0.5) is 0 Å². The molecule has 0 bridgehead atoms. The first-order valence-corrected chi connectivity index (χ1v) is 13.2. The van der Waals surface area contributed by atoms with Gasteiger partial charge in [-0.1, -0.05) is 78.1 Å². The van der Waals surface area contributed by atoms with Crippen molar-refractivity contribution in [3.63, 3.8) is 0 Å². The summed E-state index contributed by atoms with van der Waals surface area (Å²) in [6, 6.07) is 3.70. The van der Waals surface area contributed by atoms with E-state index in [1.165, 1.54) is 75.5 Å². The fraction of sp³-hybridized carbons (Fsp3) is 0.600. The van der Waals surface area contributed by atoms with Gasteiger partial charge >= 0.3 is 0 Å². The van der Waals surface area contributed by atoms with Crippen molar-refractivity contribution in [2.24, 2.45) is 5.92 Å². The highest BCUT2D eigenvalue weighted by Gasteiger charge is 2.16. The Morgan fingerprint density at radius 3 is 2.00 bits per heavy atom. The van der Waals surface area contributed by atoms with Crippen molar-refractivity contribution in [3.05, 3.63) is 34.5 Å². The molecule has 2 nitrogen and oxygen atoms in total. The maximum Gasteiger partial charge on any atom is 0.135 e. The lowest BCUT2D eigenvalue weighted by molar-refractivity contribution is 0.453. The van der Waals surface area contributed by atoms with Crippen LogP contribution in [-0.2, 0) is 0 Å². The smallest absolute Gasteiger partial charge is 0.135 e. The lowest BCUT2D eigenvalue weighted by Crippen LogP contribution is -1.99. The standard InChI is InChI=1S/C25H38O2S2/c1-3-5-7-9-10-12-14-20(13-11-8-6-4-2)19-23(27)21-15-17-28-24(21)25-22(26)16-18-29-25/h15-20,26-27H,3-14H2,1-2H3/b23-19+. The maximum atomic E-state index is 10.9. The van der Waals surface area contributed by atoms with Crippen LogP contribution in [0.5, 0.6) is 5.75 Å². The van der Waals surface area contributed by atoms with Gasteiger partial charge in [0.15, 0.2) is 0 Å². The van der Waals surface area contributed by atoms with Crippen LogP contribution < -0.4 is 0 Å². The zero-order chi connectivity index (χ0) is 20.9. The topological polar surface area (TPSA) is 40.5 Å². The number of aliphatic hydroxyl groups excluding tert-OH is 1. The van der Waals surface area contributed by atoms with E-state index in [0.717, 1.165) is 28.2 Å². The van der Waals surface area contributed by atoms with Crippen LogP contribution in [0.1, 0.15) is 96.5 Å². The van der Waals surface area contributed by atoms with Gasteiger partial charge in [0, 0.05) is 5.56 Å². The number of thiophene rings is 2. The molecule has 4 heteroatoms. The molecule has 2 aromatic heterocycles. The van der Waals surface area contributed by atoms with Gasteiger partial charge in [0.1, 0.15) is 11.5 Å². The molecule has 0 aliphatic rings. The second-order valence-corrected chi connectivity index (χ2v) is 9.85. The Balaban J connectivity index is 2.02. The van der Waals surface area contributed by atoms with Gasteiger partial charge < -0.3 is 10.2 Å². The Morgan fingerprint density at radius 1 is 0.828 bits per heavy atom. The molecule has 1 unspecified atom stereocenters. The van der Waals surface area contributed by atoms with Crippen LogP contribution in [-0.4, -0.2) is 10.2 Å². The van der Waals surface area contributed by atoms with Gasteiger partial charge in [0.25, 0.3) is 0 Å². The molecule has 0 aliphatic carbocycles. The van der Waals surface area contributed by atoms with Gasteiger partial charge in [-0.05, 0) is 47.7 Å². The number of aromatic hydroxyl groups is 1. The third kappa shape index (κ3) is 8.18. The van der Waals surface area contributed by atoms with E-state index in [4.69, 9.17) is 0 Å². The number of allylic oxidation sites excluding steroid dienone is 1. The molecule has 2 N–H and O–H groups in total. The second kappa shape index (κ2) is 13.9. The van der Waals surface area contributed by atoms with Gasteiger partial charge in [0.05, 0.1) is 9.75 Å². The number of unbranched alkanes of at least 4 members (excludes halogenated alkanes) is 8. The van der Waals surface area contributed by atoms with Crippen LogP contribution in [0.15, 0.2) is 29.0 Å². The van der Waals surface area contributed by atoms with E-state index in [2.05, 4.69) is 19.9 Å². The Kier molecular flexibility index (Phi) is 11.5. The molecule has 0 fully saturated rings. The van der Waals surface area contributed by atoms with Gasteiger partial charge in [0.2, 0.25) is 0 Å². The molecule has 0 spiro atoms. The van der Waals surface area contributed by atoms with Crippen molar-refractivity contribution < 1.29 is 10.2 Å². The maximum absolute atomic E-state index is 10.9. The zero-order valence-corrected chi connectivity index (χ0v) is 19.8. The molecule has 29 heavy (non-hydrogen) atoms. The minimum absolute atomic E-state index is 0.301. The monoisotopic (exact) mass is 434 g/mol. The highest BCUT2D eigenvalue weighted by Crippen LogP contribution is 2.42. The normalized spacial score (nSPS) is 13.1. The number of rotatable bonds is 15. The van der Waals surface area contributed by atoms with Crippen molar-refractivity contribution in [1.29, 1.82) is 0 Å². The van der Waals surface area contributed by atoms with Crippen LogP contribution in [0, 0.1) is 5.92 Å². The lowest BCUT2D eigenvalue weighted by Gasteiger charge is -2.14. The summed E-state index contributed by atoms with van der Waals surface area (Å²) in [6.07, 6.45) is 17.3. The first-order chi connectivity index (χ1) is 14.2. The first kappa shape index (κ1) is 24.0. The third-order valence-corrected chi connectivity index (χ3v) is 7.52. The van der Waals surface area contributed by atoms with E-state index in [0.29, 0.717) is 17.4 Å². The quantitative estimate of drug-likeness (QED) is 0.216. The fourth-order valence-corrected chi connectivity index (χ4v) is 5.68. The van der Waals surface area contributed by atoms with Gasteiger partial charge in [-0.3, -0.25) is 0 Å². The summed E-state index contributed by atoms with van der Waals surface area (Å²) in [5.41, 5.74) is 0.856. The van der Waals surface area contributed by atoms with Crippen LogP contribution in [0.25, 0.3) is 15.5 Å². The molecule has 0 aromatic carbocycles. The molecule has 2 aromatic rings. The average molecular weight is 435 g/mol. The molecule has 2 rings (SSSR count). The minimum Gasteiger partial charge on any atom is -0.508 e. The van der Waals surface area contributed by atoms with Crippen molar-refractivity contribution >= 4 is 28.4 Å². The fourth-order valence-electron chi connectivity index (χ4n) is 3.80. The summed E-state index contributed by atoms with van der Waals surface area (Å²) >= 11 is 3.10. The predicted molar refractivity (Wildman–Crippen MR) is 130 cm³/mol. The molecule has 2 heterocycles. The molecular weight excluding hydrogens is 396 g/mol. The molecule has 1 atom stereocenters. The van der Waals surface area contributed by atoms with Gasteiger partial charge in [-0.15, -0.1) is 22.7 Å². The molecule has 0 amide bonds. The molecule has 0 saturated carbocycles. The second-order valence-electron chi connectivity index (χ2n) is 8.02. The van der Waals surface area contributed by atoms with Crippen molar-refractivity contribution in [3.8, 4) is 15.5 Å². The lowest BCUT2D eigenvalue weighted by atomic mass is 9.93. The summed E-state index contributed by atoms with van der Waals surface area (Å²) in [7, 11) is 0. The molecule has 0 radical (unpaired) electrons. The van der Waals surface area contributed by atoms with Crippen molar-refractivity contribution in [1.82, 2.24) is 0 Å². The predicted octanol–water partition coefficient (Wildman–Crippen LogP) is 9.42. The van der Waals surface area contributed by atoms with Crippen molar-refractivity contribution in [2.45, 2.75) is 90.9 Å². The summed E-state index contributed by atoms with van der Waals surface area (Å²) < 4.78 is 0. The number of hydrogen-bond donors (Lipinski definition) is 2. The SMILES string of the molecule is CCCCCCCCC(/C=C(/O)c1ccsc1-c1sccc1O)CCCCCC. The summed E-state index contributed by atoms with van der Waals surface area (Å²) in [4.78, 5) is 1.82. The van der Waals surface area contributed by atoms with Crippen LogP contribution >= 0.6 is 22.7 Å². The zero-order valence-electron chi connectivity index (χ0n) is 18.2. The summed E-state index contributed by atoms with van der Waals surface area (Å²) in [5.74, 6) is 1.11. The van der Waals surface area contributed by atoms with Crippen LogP contribution in [0.2, 0.25) is 0 Å². The molecule has 0 aliphatic heterocycles.